The van der Waals surface area contributed by atoms with Crippen molar-refractivity contribution < 1.29 is 9.53 Å². The summed E-state index contributed by atoms with van der Waals surface area (Å²) in [5.41, 5.74) is 1.54. The molecular formula is C16H24N4O2. The average molecular weight is 304 g/mol. The van der Waals surface area contributed by atoms with Gasteiger partial charge in [0.25, 0.3) is 5.91 Å². The van der Waals surface area contributed by atoms with E-state index in [0.29, 0.717) is 24.1 Å². The highest BCUT2D eigenvalue weighted by atomic mass is 16.5. The van der Waals surface area contributed by atoms with Crippen molar-refractivity contribution in [3.05, 3.63) is 23.8 Å². The molecule has 2 fully saturated rings. The van der Waals surface area contributed by atoms with Crippen LogP contribution in [0.15, 0.2) is 12.5 Å². The highest BCUT2D eigenvalue weighted by Crippen LogP contribution is 2.40. The van der Waals surface area contributed by atoms with E-state index in [-0.39, 0.29) is 5.91 Å². The van der Waals surface area contributed by atoms with Crippen LogP contribution >= 0.6 is 0 Å². The summed E-state index contributed by atoms with van der Waals surface area (Å²) in [5.74, 6) is 0.399. The lowest BCUT2D eigenvalue weighted by Gasteiger charge is -2.32. The van der Waals surface area contributed by atoms with Crippen LogP contribution in [0.4, 0.5) is 0 Å². The molecule has 1 aromatic rings. The maximum absolute atomic E-state index is 12.3. The Morgan fingerprint density at radius 1 is 1.50 bits per heavy atom. The lowest BCUT2D eigenvalue weighted by molar-refractivity contribution is -0.0289. The third-order valence-electron chi connectivity index (χ3n) is 4.34. The first-order valence-corrected chi connectivity index (χ1v) is 8.20. The van der Waals surface area contributed by atoms with Gasteiger partial charge in [0.05, 0.1) is 24.0 Å². The maximum atomic E-state index is 12.3. The number of morpholine rings is 1. The van der Waals surface area contributed by atoms with Crippen molar-refractivity contribution in [1.29, 1.82) is 0 Å². The van der Waals surface area contributed by atoms with E-state index in [4.69, 9.17) is 4.74 Å². The number of ether oxygens (including phenoxy) is 1. The molecule has 1 atom stereocenters. The molecule has 6 heteroatoms. The highest BCUT2D eigenvalue weighted by Gasteiger charge is 2.29. The van der Waals surface area contributed by atoms with Gasteiger partial charge in [0.1, 0.15) is 6.33 Å². The average Bonchev–Trinajstić information content (AvgIpc) is 3.40. The van der Waals surface area contributed by atoms with Crippen LogP contribution < -0.4 is 5.32 Å². The molecule has 3 rings (SSSR count). The summed E-state index contributed by atoms with van der Waals surface area (Å²) in [6.07, 6.45) is 6.79. The largest absolute Gasteiger partial charge is 0.376 e. The van der Waals surface area contributed by atoms with Crippen molar-refractivity contribution in [2.24, 2.45) is 0 Å². The first kappa shape index (κ1) is 15.4. The second-order valence-electron chi connectivity index (χ2n) is 6.05. The van der Waals surface area contributed by atoms with Gasteiger partial charge in [-0.1, -0.05) is 6.92 Å². The normalized spacial score (nSPS) is 22.5. The Morgan fingerprint density at radius 2 is 2.36 bits per heavy atom. The predicted octanol–water partition coefficient (Wildman–Crippen LogP) is 1.19. The molecule has 1 N–H and O–H groups in total. The van der Waals surface area contributed by atoms with E-state index in [9.17, 15) is 4.79 Å². The van der Waals surface area contributed by atoms with Crippen LogP contribution in [-0.4, -0.2) is 59.7 Å². The molecule has 1 saturated heterocycles. The number of amides is 1. The molecule has 6 nitrogen and oxygen atoms in total. The molecule has 1 aliphatic carbocycles. The molecule has 2 aliphatic rings. The Balaban J connectivity index is 1.48. The van der Waals surface area contributed by atoms with Gasteiger partial charge in [0.15, 0.2) is 0 Å². The molecule has 22 heavy (non-hydrogen) atoms. The number of nitrogens with one attached hydrogen (secondary N) is 1. The summed E-state index contributed by atoms with van der Waals surface area (Å²) in [6, 6.07) is 0. The molecule has 1 saturated carbocycles. The van der Waals surface area contributed by atoms with Gasteiger partial charge in [-0.05, 0) is 19.3 Å². The third-order valence-corrected chi connectivity index (χ3v) is 4.34. The van der Waals surface area contributed by atoms with E-state index < -0.39 is 0 Å². The summed E-state index contributed by atoms with van der Waals surface area (Å²) in [6.45, 7) is 6.32. The number of hydrogen-bond donors (Lipinski definition) is 1. The molecule has 1 amide bonds. The number of carbonyl (C=O) groups is 1. The summed E-state index contributed by atoms with van der Waals surface area (Å²) in [4.78, 5) is 23.0. The second kappa shape index (κ2) is 7.15. The van der Waals surface area contributed by atoms with Gasteiger partial charge in [-0.3, -0.25) is 9.69 Å². The van der Waals surface area contributed by atoms with Crippen LogP contribution in [0.5, 0.6) is 0 Å². The molecular weight excluding hydrogens is 280 g/mol. The number of rotatable bonds is 6. The van der Waals surface area contributed by atoms with Crippen LogP contribution in [0.1, 0.15) is 48.2 Å². The van der Waals surface area contributed by atoms with E-state index in [1.54, 1.807) is 6.20 Å². The van der Waals surface area contributed by atoms with E-state index in [2.05, 4.69) is 27.1 Å². The van der Waals surface area contributed by atoms with Gasteiger partial charge in [-0.2, -0.15) is 0 Å². The minimum absolute atomic E-state index is 0.0530. The summed E-state index contributed by atoms with van der Waals surface area (Å²) < 4.78 is 5.66. The zero-order valence-electron chi connectivity index (χ0n) is 13.1. The molecule has 1 aromatic heterocycles. The summed E-state index contributed by atoms with van der Waals surface area (Å²) >= 11 is 0. The lowest BCUT2D eigenvalue weighted by Crippen LogP contribution is -2.45. The van der Waals surface area contributed by atoms with Crippen molar-refractivity contribution in [3.8, 4) is 0 Å². The van der Waals surface area contributed by atoms with Crippen LogP contribution in [0.2, 0.25) is 0 Å². The monoisotopic (exact) mass is 304 g/mol. The molecule has 120 valence electrons. The first-order valence-electron chi connectivity index (χ1n) is 8.20. The third kappa shape index (κ3) is 3.81. The SMILES string of the molecule is CCC1CN(CCNC(=O)c2cncnc2C2CC2)CCO1. The Labute approximate surface area is 131 Å². The standard InChI is InChI=1S/C16H24N4O2/c1-2-13-10-20(7-8-22-13)6-5-18-16(21)14-9-17-11-19-15(14)12-3-4-12/h9,11-13H,2-8,10H2,1H3,(H,18,21). The van der Waals surface area contributed by atoms with Crippen LogP contribution in [0, 0.1) is 0 Å². The van der Waals surface area contributed by atoms with Crippen LogP contribution in [0.3, 0.4) is 0 Å². The lowest BCUT2D eigenvalue weighted by atomic mass is 10.1. The maximum Gasteiger partial charge on any atom is 0.254 e. The highest BCUT2D eigenvalue weighted by molar-refractivity contribution is 5.95. The fraction of sp³-hybridized carbons (Fsp3) is 0.688. The van der Waals surface area contributed by atoms with E-state index in [1.165, 1.54) is 6.33 Å². The van der Waals surface area contributed by atoms with E-state index in [1.807, 2.05) is 0 Å². The summed E-state index contributed by atoms with van der Waals surface area (Å²) in [5, 5.41) is 3.00. The Bertz CT molecular complexity index is 519. The van der Waals surface area contributed by atoms with Crippen LogP contribution in [-0.2, 0) is 4.74 Å². The number of aromatic nitrogens is 2. The minimum atomic E-state index is -0.0530. The molecule has 0 spiro atoms. The van der Waals surface area contributed by atoms with Gasteiger partial charge < -0.3 is 10.1 Å². The zero-order valence-corrected chi connectivity index (χ0v) is 13.1. The van der Waals surface area contributed by atoms with Crippen molar-refractivity contribution in [2.75, 3.05) is 32.8 Å². The fourth-order valence-electron chi connectivity index (χ4n) is 2.85. The van der Waals surface area contributed by atoms with Crippen molar-refractivity contribution in [3.63, 3.8) is 0 Å². The first-order chi connectivity index (χ1) is 10.8. The van der Waals surface area contributed by atoms with E-state index >= 15 is 0 Å². The van der Waals surface area contributed by atoms with Gasteiger partial charge in [-0.25, -0.2) is 9.97 Å². The van der Waals surface area contributed by atoms with Gasteiger partial charge in [0, 0.05) is 38.3 Å². The molecule has 2 heterocycles. The topological polar surface area (TPSA) is 67.4 Å². The molecule has 0 radical (unpaired) electrons. The predicted molar refractivity (Wildman–Crippen MR) is 82.8 cm³/mol. The van der Waals surface area contributed by atoms with E-state index in [0.717, 1.165) is 51.2 Å². The Hall–Kier alpha value is -1.53. The quantitative estimate of drug-likeness (QED) is 0.855. The van der Waals surface area contributed by atoms with Gasteiger partial charge in [0.2, 0.25) is 0 Å². The fourth-order valence-corrected chi connectivity index (χ4v) is 2.85. The van der Waals surface area contributed by atoms with Crippen molar-refractivity contribution in [2.45, 2.75) is 38.2 Å². The zero-order chi connectivity index (χ0) is 15.4. The van der Waals surface area contributed by atoms with Crippen molar-refractivity contribution >= 4 is 5.91 Å². The Morgan fingerprint density at radius 3 is 3.14 bits per heavy atom. The number of nitrogens with zero attached hydrogens (tertiary/aromatic N) is 3. The smallest absolute Gasteiger partial charge is 0.254 e. The van der Waals surface area contributed by atoms with Crippen LogP contribution in [0.25, 0.3) is 0 Å². The van der Waals surface area contributed by atoms with Gasteiger partial charge >= 0.3 is 0 Å². The van der Waals surface area contributed by atoms with Crippen molar-refractivity contribution in [1.82, 2.24) is 20.2 Å². The molecule has 0 bridgehead atoms. The molecule has 1 aliphatic heterocycles. The number of hydrogen-bond acceptors (Lipinski definition) is 5. The number of carbonyl (C=O) groups excluding carboxylic acids is 1. The molecule has 1 unspecified atom stereocenters. The van der Waals surface area contributed by atoms with Gasteiger partial charge in [-0.15, -0.1) is 0 Å². The second-order valence-corrected chi connectivity index (χ2v) is 6.05. The minimum Gasteiger partial charge on any atom is -0.376 e. The Kier molecular flexibility index (Phi) is 5.00. The molecule has 0 aromatic carbocycles. The summed E-state index contributed by atoms with van der Waals surface area (Å²) in [7, 11) is 0.